The minimum Gasteiger partial charge on any atom is -0.375 e. The average molecular weight is 111 g/mol. The van der Waals surface area contributed by atoms with Gasteiger partial charge in [-0.2, -0.15) is 0 Å². The van der Waals surface area contributed by atoms with Gasteiger partial charge in [-0.3, -0.25) is 0 Å². The van der Waals surface area contributed by atoms with Crippen molar-refractivity contribution in [2.45, 2.75) is 13.8 Å². The molecule has 0 amide bonds. The van der Waals surface area contributed by atoms with Crippen molar-refractivity contribution in [1.82, 2.24) is 0 Å². The Morgan fingerprint density at radius 3 is 2.88 bits per heavy atom. The number of hydrogen-bond acceptors (Lipinski definition) is 1. The van der Waals surface area contributed by atoms with E-state index in [4.69, 9.17) is 11.2 Å². The standard InChI is InChI=1S/C7H11O/c1-4-7(3)6-8-5-2/h1,5,7H,6H2,2-3H3. The fourth-order valence-corrected chi connectivity index (χ4v) is 0.289. The Kier molecular flexibility index (Phi) is 4.39. The molecule has 45 valence electrons. The third-order valence-corrected chi connectivity index (χ3v) is 0.797. The van der Waals surface area contributed by atoms with E-state index in [0.29, 0.717) is 6.61 Å². The van der Waals surface area contributed by atoms with Gasteiger partial charge < -0.3 is 4.74 Å². The zero-order valence-electron chi connectivity index (χ0n) is 5.35. The number of hydrogen-bond donors (Lipinski definition) is 0. The van der Waals surface area contributed by atoms with Crippen LogP contribution in [0, 0.1) is 24.9 Å². The summed E-state index contributed by atoms with van der Waals surface area (Å²) in [6, 6.07) is 0. The lowest BCUT2D eigenvalue weighted by molar-refractivity contribution is 0.184. The molecular weight excluding hydrogens is 100 g/mol. The van der Waals surface area contributed by atoms with E-state index in [1.807, 2.05) is 13.8 Å². The van der Waals surface area contributed by atoms with Gasteiger partial charge in [0.15, 0.2) is 0 Å². The van der Waals surface area contributed by atoms with Crippen molar-refractivity contribution in [3.05, 3.63) is 6.61 Å². The van der Waals surface area contributed by atoms with E-state index in [0.717, 1.165) is 0 Å². The van der Waals surface area contributed by atoms with Gasteiger partial charge in [-0.15, -0.1) is 12.3 Å². The van der Waals surface area contributed by atoms with Crippen molar-refractivity contribution in [1.29, 1.82) is 0 Å². The van der Waals surface area contributed by atoms with Crippen LogP contribution >= 0.6 is 0 Å². The summed E-state index contributed by atoms with van der Waals surface area (Å²) >= 11 is 0. The molecule has 0 spiro atoms. The highest BCUT2D eigenvalue weighted by atomic mass is 16.5. The first kappa shape index (κ1) is 7.52. The average Bonchev–Trinajstić information content (AvgIpc) is 1.83. The SMILES string of the molecule is C#CC(C)CO[CH]C. The predicted molar refractivity (Wildman–Crippen MR) is 33.9 cm³/mol. The quantitative estimate of drug-likeness (QED) is 0.501. The normalized spacial score (nSPS) is 12.6. The van der Waals surface area contributed by atoms with E-state index in [1.54, 1.807) is 6.61 Å². The highest BCUT2D eigenvalue weighted by Gasteiger charge is 1.92. The van der Waals surface area contributed by atoms with Crippen LogP contribution in [0.1, 0.15) is 13.8 Å². The summed E-state index contributed by atoms with van der Waals surface area (Å²) in [5.74, 6) is 2.78. The van der Waals surface area contributed by atoms with Crippen molar-refractivity contribution in [2.24, 2.45) is 5.92 Å². The van der Waals surface area contributed by atoms with E-state index in [-0.39, 0.29) is 5.92 Å². The topological polar surface area (TPSA) is 9.23 Å². The molecule has 0 aliphatic rings. The second-order valence-corrected chi connectivity index (χ2v) is 1.64. The largest absolute Gasteiger partial charge is 0.375 e. The second kappa shape index (κ2) is 4.67. The molecule has 0 aromatic carbocycles. The molecule has 0 aliphatic carbocycles. The van der Waals surface area contributed by atoms with Gasteiger partial charge >= 0.3 is 0 Å². The second-order valence-electron chi connectivity index (χ2n) is 1.64. The molecule has 0 rings (SSSR count). The maximum atomic E-state index is 5.07. The van der Waals surface area contributed by atoms with Gasteiger partial charge in [0, 0.05) is 5.92 Å². The van der Waals surface area contributed by atoms with Crippen molar-refractivity contribution in [2.75, 3.05) is 6.61 Å². The third kappa shape index (κ3) is 3.70. The minimum atomic E-state index is 0.228. The van der Waals surface area contributed by atoms with E-state index >= 15 is 0 Å². The zero-order valence-corrected chi connectivity index (χ0v) is 5.35. The van der Waals surface area contributed by atoms with Crippen molar-refractivity contribution in [3.63, 3.8) is 0 Å². The van der Waals surface area contributed by atoms with Crippen LogP contribution in [-0.2, 0) is 4.74 Å². The van der Waals surface area contributed by atoms with Gasteiger partial charge in [0.05, 0.1) is 13.2 Å². The summed E-state index contributed by atoms with van der Waals surface area (Å²) in [5.41, 5.74) is 0. The lowest BCUT2D eigenvalue weighted by Gasteiger charge is -2.00. The zero-order chi connectivity index (χ0) is 6.41. The summed E-state index contributed by atoms with van der Waals surface area (Å²) in [6.45, 7) is 6.06. The molecule has 0 fully saturated rings. The first-order valence-electron chi connectivity index (χ1n) is 2.66. The molecule has 0 N–H and O–H groups in total. The van der Waals surface area contributed by atoms with Crippen molar-refractivity contribution < 1.29 is 4.74 Å². The Bertz CT molecular complexity index is 80.9. The van der Waals surface area contributed by atoms with E-state index in [1.165, 1.54) is 0 Å². The molecule has 0 saturated heterocycles. The van der Waals surface area contributed by atoms with Crippen molar-refractivity contribution in [3.8, 4) is 12.3 Å². The van der Waals surface area contributed by atoms with Crippen LogP contribution in [-0.4, -0.2) is 6.61 Å². The van der Waals surface area contributed by atoms with Crippen LogP contribution in [0.3, 0.4) is 0 Å². The first-order chi connectivity index (χ1) is 3.81. The van der Waals surface area contributed by atoms with Gasteiger partial charge in [0.25, 0.3) is 0 Å². The number of terminal acetylenes is 1. The van der Waals surface area contributed by atoms with Crippen LogP contribution in [0.4, 0.5) is 0 Å². The fraction of sp³-hybridized carbons (Fsp3) is 0.571. The molecule has 0 aliphatic heterocycles. The van der Waals surface area contributed by atoms with Gasteiger partial charge in [0.1, 0.15) is 0 Å². The highest BCUT2D eigenvalue weighted by molar-refractivity contribution is 4.89. The van der Waals surface area contributed by atoms with E-state index in [2.05, 4.69) is 5.92 Å². The molecule has 8 heavy (non-hydrogen) atoms. The molecule has 0 aromatic rings. The molecule has 0 saturated carbocycles. The van der Waals surface area contributed by atoms with E-state index < -0.39 is 0 Å². The molecule has 0 aromatic heterocycles. The number of ether oxygens (including phenoxy) is 1. The smallest absolute Gasteiger partial charge is 0.0806 e. The molecule has 1 nitrogen and oxygen atoms in total. The lowest BCUT2D eigenvalue weighted by Crippen LogP contribution is -1.99. The van der Waals surface area contributed by atoms with Crippen LogP contribution < -0.4 is 0 Å². The van der Waals surface area contributed by atoms with Gasteiger partial charge in [-0.25, -0.2) is 0 Å². The Morgan fingerprint density at radius 2 is 2.50 bits per heavy atom. The summed E-state index contributed by atoms with van der Waals surface area (Å²) in [7, 11) is 0. The van der Waals surface area contributed by atoms with Crippen LogP contribution in [0.2, 0.25) is 0 Å². The first-order valence-corrected chi connectivity index (χ1v) is 2.66. The summed E-state index contributed by atoms with van der Waals surface area (Å²) in [4.78, 5) is 0. The maximum absolute atomic E-state index is 5.07. The Balaban J connectivity index is 3.02. The van der Waals surface area contributed by atoms with E-state index in [9.17, 15) is 0 Å². The van der Waals surface area contributed by atoms with Crippen LogP contribution in [0.25, 0.3) is 0 Å². The summed E-state index contributed by atoms with van der Waals surface area (Å²) in [6.07, 6.45) is 5.07. The highest BCUT2D eigenvalue weighted by Crippen LogP contribution is 1.92. The Morgan fingerprint density at radius 1 is 1.88 bits per heavy atom. The summed E-state index contributed by atoms with van der Waals surface area (Å²) < 4.78 is 4.92. The van der Waals surface area contributed by atoms with Crippen LogP contribution in [0.5, 0.6) is 0 Å². The van der Waals surface area contributed by atoms with Crippen molar-refractivity contribution >= 4 is 0 Å². The molecule has 0 heterocycles. The third-order valence-electron chi connectivity index (χ3n) is 0.797. The number of rotatable bonds is 3. The Labute approximate surface area is 51.0 Å². The molecule has 1 atom stereocenters. The van der Waals surface area contributed by atoms with Gasteiger partial charge in [-0.05, 0) is 13.8 Å². The predicted octanol–water partition coefficient (Wildman–Crippen LogP) is 1.45. The van der Waals surface area contributed by atoms with Gasteiger partial charge in [0.2, 0.25) is 0 Å². The maximum Gasteiger partial charge on any atom is 0.0806 e. The van der Waals surface area contributed by atoms with Crippen LogP contribution in [0.15, 0.2) is 0 Å². The van der Waals surface area contributed by atoms with Gasteiger partial charge in [-0.1, -0.05) is 0 Å². The Hall–Kier alpha value is -0.480. The molecule has 1 heteroatoms. The fourth-order valence-electron chi connectivity index (χ4n) is 0.289. The monoisotopic (exact) mass is 111 g/mol. The molecule has 0 bridgehead atoms. The molecule has 1 unspecified atom stereocenters. The molecular formula is C7H11O. The summed E-state index contributed by atoms with van der Waals surface area (Å²) in [5, 5.41) is 0. The minimum absolute atomic E-state index is 0.228. The lowest BCUT2D eigenvalue weighted by atomic mass is 10.2. The molecule has 1 radical (unpaired) electrons.